The van der Waals surface area contributed by atoms with Crippen LogP contribution in [-0.4, -0.2) is 23.3 Å². The summed E-state index contributed by atoms with van der Waals surface area (Å²) in [7, 11) is 0. The van der Waals surface area contributed by atoms with Crippen LogP contribution in [0.2, 0.25) is 0 Å². The highest BCUT2D eigenvalue weighted by atomic mass is 16.6. The number of anilines is 2. The molecule has 1 aromatic carbocycles. The average Bonchev–Trinajstić information content (AvgIpc) is 3.17. The number of ether oxygens (including phenoxy) is 1. The monoisotopic (exact) mass is 344 g/mol. The van der Waals surface area contributed by atoms with Crippen LogP contribution in [0.3, 0.4) is 0 Å². The van der Waals surface area contributed by atoms with Crippen molar-refractivity contribution < 1.29 is 19.1 Å². The number of carbonyl (C=O) groups is 1. The van der Waals surface area contributed by atoms with Crippen molar-refractivity contribution in [3.05, 3.63) is 47.4 Å². The van der Waals surface area contributed by atoms with Gasteiger partial charge >= 0.3 is 6.09 Å². The minimum Gasteiger partial charge on any atom is -0.462 e. The van der Waals surface area contributed by atoms with Crippen molar-refractivity contribution in [2.24, 2.45) is 0 Å². The number of furan rings is 1. The lowest BCUT2D eigenvalue weighted by Crippen LogP contribution is -2.35. The van der Waals surface area contributed by atoms with Gasteiger partial charge in [0.15, 0.2) is 0 Å². The van der Waals surface area contributed by atoms with E-state index in [1.807, 2.05) is 39.0 Å². The molecule has 2 heterocycles. The summed E-state index contributed by atoms with van der Waals surface area (Å²) >= 11 is 0. The van der Waals surface area contributed by atoms with Gasteiger partial charge in [0, 0.05) is 12.2 Å². The first-order valence-corrected chi connectivity index (χ1v) is 8.41. The number of aliphatic hydroxyl groups excluding tert-OH is 1. The van der Waals surface area contributed by atoms with Gasteiger partial charge in [-0.1, -0.05) is 0 Å². The van der Waals surface area contributed by atoms with Crippen LogP contribution in [-0.2, 0) is 24.3 Å². The first-order chi connectivity index (χ1) is 11.9. The fourth-order valence-electron chi connectivity index (χ4n) is 2.81. The van der Waals surface area contributed by atoms with E-state index in [4.69, 9.17) is 14.3 Å². The topological polar surface area (TPSA) is 74.9 Å². The third-order valence-corrected chi connectivity index (χ3v) is 3.93. The minimum atomic E-state index is -0.502. The lowest BCUT2D eigenvalue weighted by molar-refractivity contribution is 0.0584. The summed E-state index contributed by atoms with van der Waals surface area (Å²) in [6.07, 6.45) is 0.499. The van der Waals surface area contributed by atoms with E-state index >= 15 is 0 Å². The van der Waals surface area contributed by atoms with Crippen LogP contribution in [0.15, 0.2) is 34.7 Å². The second kappa shape index (κ2) is 6.80. The van der Waals surface area contributed by atoms with Crippen molar-refractivity contribution in [1.29, 1.82) is 0 Å². The van der Waals surface area contributed by atoms with Crippen LogP contribution in [0.5, 0.6) is 0 Å². The molecule has 2 aromatic rings. The molecule has 1 aliphatic heterocycles. The number of rotatable bonds is 4. The van der Waals surface area contributed by atoms with Gasteiger partial charge in [0.2, 0.25) is 0 Å². The number of hydrogen-bond acceptors (Lipinski definition) is 5. The van der Waals surface area contributed by atoms with E-state index in [9.17, 15) is 4.79 Å². The first kappa shape index (κ1) is 17.4. The Kier molecular flexibility index (Phi) is 4.72. The number of aliphatic hydroxyl groups is 1. The van der Waals surface area contributed by atoms with E-state index in [2.05, 4.69) is 11.4 Å². The first-order valence-electron chi connectivity index (χ1n) is 8.41. The van der Waals surface area contributed by atoms with Crippen molar-refractivity contribution in [2.75, 3.05) is 16.8 Å². The molecule has 1 amide bonds. The molecule has 0 aliphatic carbocycles. The highest BCUT2D eigenvalue weighted by Crippen LogP contribution is 2.31. The highest BCUT2D eigenvalue weighted by molar-refractivity contribution is 5.91. The summed E-state index contributed by atoms with van der Waals surface area (Å²) in [6, 6.07) is 9.54. The van der Waals surface area contributed by atoms with Gasteiger partial charge in [0.25, 0.3) is 0 Å². The minimum absolute atomic E-state index is 0.0979. The molecule has 134 valence electrons. The molecule has 3 rings (SSSR count). The zero-order chi connectivity index (χ0) is 18.0. The van der Waals surface area contributed by atoms with E-state index in [-0.39, 0.29) is 12.7 Å². The fourth-order valence-corrected chi connectivity index (χ4v) is 2.81. The number of fused-ring (bicyclic) bond motifs is 1. The van der Waals surface area contributed by atoms with Crippen LogP contribution < -0.4 is 10.2 Å². The predicted molar refractivity (Wildman–Crippen MR) is 95.7 cm³/mol. The molecule has 6 heteroatoms. The quantitative estimate of drug-likeness (QED) is 0.885. The number of amides is 1. The van der Waals surface area contributed by atoms with E-state index in [1.54, 1.807) is 11.0 Å². The summed E-state index contributed by atoms with van der Waals surface area (Å²) in [5.41, 5.74) is 2.48. The third-order valence-electron chi connectivity index (χ3n) is 3.93. The summed E-state index contributed by atoms with van der Waals surface area (Å²) in [5, 5.41) is 12.3. The smallest absolute Gasteiger partial charge is 0.414 e. The van der Waals surface area contributed by atoms with Gasteiger partial charge in [0.05, 0.1) is 12.2 Å². The van der Waals surface area contributed by atoms with Crippen molar-refractivity contribution in [3.63, 3.8) is 0 Å². The van der Waals surface area contributed by atoms with Crippen molar-refractivity contribution >= 4 is 17.5 Å². The van der Waals surface area contributed by atoms with Gasteiger partial charge in [0.1, 0.15) is 23.7 Å². The van der Waals surface area contributed by atoms with Gasteiger partial charge in [-0.15, -0.1) is 0 Å². The summed E-state index contributed by atoms with van der Waals surface area (Å²) in [5.74, 6) is 1.32. The molecule has 2 N–H and O–H groups in total. The molecule has 0 bridgehead atoms. The zero-order valence-corrected chi connectivity index (χ0v) is 14.8. The van der Waals surface area contributed by atoms with Gasteiger partial charge in [-0.2, -0.15) is 0 Å². The number of nitrogens with one attached hydrogen (secondary N) is 1. The Morgan fingerprint density at radius 2 is 2.04 bits per heavy atom. The normalized spacial score (nSPS) is 13.7. The van der Waals surface area contributed by atoms with E-state index in [0.717, 1.165) is 29.1 Å². The molecule has 0 unspecified atom stereocenters. The molecule has 1 aliphatic rings. The molecule has 0 saturated carbocycles. The Balaban J connectivity index is 1.66. The van der Waals surface area contributed by atoms with Gasteiger partial charge in [-0.3, -0.25) is 4.90 Å². The Labute approximate surface area is 147 Å². The van der Waals surface area contributed by atoms with Crippen molar-refractivity contribution in [1.82, 2.24) is 0 Å². The van der Waals surface area contributed by atoms with E-state index in [1.165, 1.54) is 0 Å². The van der Waals surface area contributed by atoms with Crippen LogP contribution in [0, 0.1) is 0 Å². The molecule has 0 saturated heterocycles. The SMILES string of the molecule is CC(C)(C)OC(=O)N1CCc2cc(NCc3ccc(CO)o3)ccc21. The summed E-state index contributed by atoms with van der Waals surface area (Å²) in [4.78, 5) is 14.0. The van der Waals surface area contributed by atoms with Gasteiger partial charge in [-0.25, -0.2) is 4.79 Å². The standard InChI is InChI=1S/C19H24N2O4/c1-19(2,3)25-18(23)21-9-8-13-10-14(4-7-17(13)21)20-11-15-5-6-16(12-22)24-15/h4-7,10,20,22H,8-9,11-12H2,1-3H3. The van der Waals surface area contributed by atoms with Crippen LogP contribution in [0.1, 0.15) is 37.9 Å². The Morgan fingerprint density at radius 1 is 1.28 bits per heavy atom. The molecular weight excluding hydrogens is 320 g/mol. The Hall–Kier alpha value is -2.47. The highest BCUT2D eigenvalue weighted by Gasteiger charge is 2.28. The van der Waals surface area contributed by atoms with Crippen LogP contribution in [0.25, 0.3) is 0 Å². The number of hydrogen-bond donors (Lipinski definition) is 2. The second-order valence-electron chi connectivity index (χ2n) is 7.11. The molecule has 0 atom stereocenters. The molecular formula is C19H24N2O4. The maximum atomic E-state index is 12.3. The van der Waals surface area contributed by atoms with E-state index in [0.29, 0.717) is 18.8 Å². The summed E-state index contributed by atoms with van der Waals surface area (Å²) in [6.45, 7) is 6.67. The van der Waals surface area contributed by atoms with Crippen LogP contribution >= 0.6 is 0 Å². The molecule has 0 fully saturated rings. The maximum absolute atomic E-state index is 12.3. The Bertz CT molecular complexity index is 761. The Morgan fingerprint density at radius 3 is 2.72 bits per heavy atom. The van der Waals surface area contributed by atoms with Gasteiger partial charge in [-0.05, 0) is 63.1 Å². The van der Waals surface area contributed by atoms with Crippen molar-refractivity contribution in [2.45, 2.75) is 45.9 Å². The summed E-state index contributed by atoms with van der Waals surface area (Å²) < 4.78 is 10.9. The lowest BCUT2D eigenvalue weighted by atomic mass is 10.1. The molecule has 6 nitrogen and oxygen atoms in total. The molecule has 0 radical (unpaired) electrons. The maximum Gasteiger partial charge on any atom is 0.414 e. The fraction of sp³-hybridized carbons (Fsp3) is 0.421. The number of carbonyl (C=O) groups excluding carboxylic acids is 1. The van der Waals surface area contributed by atoms with Crippen LogP contribution in [0.4, 0.5) is 16.2 Å². The zero-order valence-electron chi connectivity index (χ0n) is 14.8. The average molecular weight is 344 g/mol. The molecule has 0 spiro atoms. The molecule has 1 aromatic heterocycles. The second-order valence-corrected chi connectivity index (χ2v) is 7.11. The largest absolute Gasteiger partial charge is 0.462 e. The van der Waals surface area contributed by atoms with Gasteiger partial charge < -0.3 is 19.6 Å². The number of benzene rings is 1. The van der Waals surface area contributed by atoms with E-state index < -0.39 is 5.60 Å². The van der Waals surface area contributed by atoms with Crippen molar-refractivity contribution in [3.8, 4) is 0 Å². The number of nitrogens with zero attached hydrogens (tertiary/aromatic N) is 1. The molecule has 25 heavy (non-hydrogen) atoms. The third kappa shape index (κ3) is 4.14. The lowest BCUT2D eigenvalue weighted by Gasteiger charge is -2.24. The predicted octanol–water partition coefficient (Wildman–Crippen LogP) is 3.68.